The second-order valence-electron chi connectivity index (χ2n) is 16.6. The summed E-state index contributed by atoms with van der Waals surface area (Å²) < 4.78 is 37.8. The van der Waals surface area contributed by atoms with Gasteiger partial charge in [0.25, 0.3) is 0 Å². The molecule has 0 spiro atoms. The molecule has 8 fully saturated rings. The lowest BCUT2D eigenvalue weighted by molar-refractivity contribution is -0.277. The fourth-order valence-electron chi connectivity index (χ4n) is 9.65. The fourth-order valence-corrected chi connectivity index (χ4v) is 9.65. The Hall–Kier alpha value is -1.62. The standard InChI is InChI=1S/C40H62O13/c1-20-13-27-8-11-31-21(2)14-26(49-31)7-5-23(42)6-10-30(45)39-36(46)37(47)40-32(53-39)12-9-28(51-40)15-24(43)16-29-34(18-33(50-27)22(20)3)52-35(38(29)48-4)17-25(44)19-41/h20,25-41,44-47H,2-3,5-19H2,1,4H3/t20-,25+,26?,27+,28?,29?,30+,31?,32+,33?,34+,35?,36?,37-,38-,39?,40+/m1/s1. The first-order chi connectivity index (χ1) is 25.3. The average molecular weight is 751 g/mol. The number of ether oxygens (including phenoxy) is 6. The van der Waals surface area contributed by atoms with Crippen molar-refractivity contribution in [3.05, 3.63) is 24.3 Å². The maximum atomic E-state index is 13.8. The van der Waals surface area contributed by atoms with Gasteiger partial charge in [-0.05, 0) is 68.4 Å². The molecule has 8 rings (SSSR count). The summed E-state index contributed by atoms with van der Waals surface area (Å²) in [4.78, 5) is 26.7. The van der Waals surface area contributed by atoms with Crippen LogP contribution in [0.5, 0.6) is 0 Å². The van der Waals surface area contributed by atoms with Crippen molar-refractivity contribution in [2.75, 3.05) is 13.7 Å². The van der Waals surface area contributed by atoms with Gasteiger partial charge in [-0.1, -0.05) is 20.1 Å². The molecule has 8 heterocycles. The number of aliphatic hydroxyl groups excluding tert-OH is 5. The number of fused-ring (bicyclic) bond motifs is 2. The molecule has 8 aliphatic rings. The lowest BCUT2D eigenvalue weighted by Gasteiger charge is -2.47. The lowest BCUT2D eigenvalue weighted by Crippen LogP contribution is -2.63. The summed E-state index contributed by atoms with van der Waals surface area (Å²) in [7, 11) is 1.56. The summed E-state index contributed by atoms with van der Waals surface area (Å²) in [5.74, 6) is -0.259. The molecule has 8 aliphatic heterocycles. The van der Waals surface area contributed by atoms with Gasteiger partial charge >= 0.3 is 0 Å². The van der Waals surface area contributed by atoms with Gasteiger partial charge in [-0.2, -0.15) is 0 Å². The van der Waals surface area contributed by atoms with Gasteiger partial charge in [0, 0.05) is 51.6 Å². The highest BCUT2D eigenvalue weighted by Gasteiger charge is 2.51. The van der Waals surface area contributed by atoms with Crippen molar-refractivity contribution in [2.45, 2.75) is 188 Å². The maximum Gasteiger partial charge on any atom is 0.135 e. The van der Waals surface area contributed by atoms with Gasteiger partial charge in [0.1, 0.15) is 36.0 Å². The first kappa shape index (κ1) is 41.0. The predicted molar refractivity (Wildman–Crippen MR) is 191 cm³/mol. The first-order valence-corrected chi connectivity index (χ1v) is 19.9. The number of rotatable bonds is 4. The minimum atomic E-state index is -1.44. The molecular formula is C40H62O13. The second-order valence-corrected chi connectivity index (χ2v) is 16.6. The lowest BCUT2D eigenvalue weighted by atomic mass is 9.81. The number of hydrogen-bond donors (Lipinski definition) is 5. The van der Waals surface area contributed by atoms with Crippen molar-refractivity contribution >= 4 is 11.6 Å². The molecule has 8 bridgehead atoms. The summed E-state index contributed by atoms with van der Waals surface area (Å²) in [5, 5.41) is 53.0. The zero-order chi connectivity index (χ0) is 38.0. The fraction of sp³-hybridized carbons (Fsp3) is 0.850. The smallest absolute Gasteiger partial charge is 0.135 e. The molecule has 17 atom stereocenters. The van der Waals surface area contributed by atoms with Gasteiger partial charge in [0.15, 0.2) is 0 Å². The number of ketones is 2. The van der Waals surface area contributed by atoms with E-state index in [1.165, 1.54) is 0 Å². The molecule has 53 heavy (non-hydrogen) atoms. The Morgan fingerprint density at radius 1 is 0.755 bits per heavy atom. The quantitative estimate of drug-likeness (QED) is 0.264. The largest absolute Gasteiger partial charge is 0.394 e. The highest BCUT2D eigenvalue weighted by atomic mass is 16.6. The van der Waals surface area contributed by atoms with Crippen LogP contribution < -0.4 is 0 Å². The molecular weight excluding hydrogens is 688 g/mol. The monoisotopic (exact) mass is 750 g/mol. The molecule has 0 amide bonds. The number of methoxy groups -OCH3 is 1. The van der Waals surface area contributed by atoms with Gasteiger partial charge in [0.05, 0.1) is 73.8 Å². The second kappa shape index (κ2) is 18.1. The zero-order valence-electron chi connectivity index (χ0n) is 31.3. The molecule has 0 aliphatic carbocycles. The highest BCUT2D eigenvalue weighted by molar-refractivity contribution is 5.79. The summed E-state index contributed by atoms with van der Waals surface area (Å²) in [5.41, 5.74) is 1.98. The minimum absolute atomic E-state index is 0.0163. The van der Waals surface area contributed by atoms with Crippen molar-refractivity contribution in [2.24, 2.45) is 11.8 Å². The number of carbonyl (C=O) groups is 2. The van der Waals surface area contributed by atoms with Crippen LogP contribution in [0.4, 0.5) is 0 Å². The molecule has 300 valence electrons. The van der Waals surface area contributed by atoms with Gasteiger partial charge in [0.2, 0.25) is 0 Å². The van der Waals surface area contributed by atoms with Crippen LogP contribution in [0.2, 0.25) is 0 Å². The number of aliphatic hydroxyl groups is 5. The third-order valence-electron chi connectivity index (χ3n) is 12.7. The number of hydrogen-bond acceptors (Lipinski definition) is 13. The Bertz CT molecular complexity index is 1290. The normalized spacial score (nSPS) is 45.7. The summed E-state index contributed by atoms with van der Waals surface area (Å²) in [6.45, 7) is 10.4. The first-order valence-electron chi connectivity index (χ1n) is 19.9. The van der Waals surface area contributed by atoms with Gasteiger partial charge in [-0.25, -0.2) is 0 Å². The van der Waals surface area contributed by atoms with Crippen LogP contribution in [0.25, 0.3) is 0 Å². The van der Waals surface area contributed by atoms with Crippen LogP contribution in [0, 0.1) is 11.8 Å². The van der Waals surface area contributed by atoms with Crippen LogP contribution in [0.3, 0.4) is 0 Å². The third kappa shape index (κ3) is 9.68. The van der Waals surface area contributed by atoms with E-state index in [9.17, 15) is 35.1 Å². The highest BCUT2D eigenvalue weighted by Crippen LogP contribution is 2.42. The van der Waals surface area contributed by atoms with Crippen LogP contribution in [0.1, 0.15) is 96.8 Å². The van der Waals surface area contributed by atoms with Crippen molar-refractivity contribution < 1.29 is 63.5 Å². The van der Waals surface area contributed by atoms with Crippen molar-refractivity contribution in [3.63, 3.8) is 0 Å². The van der Waals surface area contributed by atoms with E-state index in [2.05, 4.69) is 20.1 Å². The Kier molecular flexibility index (Phi) is 14.0. The van der Waals surface area contributed by atoms with Crippen LogP contribution in [-0.4, -0.2) is 142 Å². The van der Waals surface area contributed by atoms with Crippen LogP contribution in [-0.2, 0) is 38.0 Å². The predicted octanol–water partition coefficient (Wildman–Crippen LogP) is 2.25. The SMILES string of the molecule is C=C1CC2CCC(=O)CC[C@H](O)C3O[C@H]4CCC(CC(=O)CC5[C@@H](OC)C(C[C@H](O)CO)O[C@H]5CC5O[C@@H](CCC1O2)C[C@@H](C)C5=C)O[C@@H]4[C@H](O)C3O. The molecule has 0 radical (unpaired) electrons. The van der Waals surface area contributed by atoms with Crippen molar-refractivity contribution in [3.8, 4) is 0 Å². The topological polar surface area (TPSA) is 191 Å². The van der Waals surface area contributed by atoms with E-state index in [-0.39, 0.29) is 79.9 Å². The average Bonchev–Trinajstić information content (AvgIpc) is 3.65. The molecule has 0 saturated carbocycles. The maximum absolute atomic E-state index is 13.8. The van der Waals surface area contributed by atoms with Crippen molar-refractivity contribution in [1.29, 1.82) is 0 Å². The van der Waals surface area contributed by atoms with Crippen LogP contribution in [0.15, 0.2) is 24.3 Å². The molecule has 0 aromatic heterocycles. The van der Waals surface area contributed by atoms with Gasteiger partial charge in [-0.3, -0.25) is 9.59 Å². The van der Waals surface area contributed by atoms with E-state index in [0.29, 0.717) is 38.5 Å². The van der Waals surface area contributed by atoms with Crippen molar-refractivity contribution in [1.82, 2.24) is 0 Å². The Morgan fingerprint density at radius 3 is 2.21 bits per heavy atom. The molecule has 13 nitrogen and oxygen atoms in total. The van der Waals surface area contributed by atoms with E-state index in [1.807, 2.05) is 0 Å². The molecule has 0 aromatic rings. The third-order valence-corrected chi connectivity index (χ3v) is 12.7. The zero-order valence-corrected chi connectivity index (χ0v) is 31.3. The van der Waals surface area contributed by atoms with Crippen LogP contribution >= 0.6 is 0 Å². The molecule has 8 unspecified atom stereocenters. The summed E-state index contributed by atoms with van der Waals surface area (Å²) >= 11 is 0. The van der Waals surface area contributed by atoms with Gasteiger partial charge in [-0.15, -0.1) is 0 Å². The Labute approximate surface area is 313 Å². The van der Waals surface area contributed by atoms with E-state index in [0.717, 1.165) is 30.4 Å². The summed E-state index contributed by atoms with van der Waals surface area (Å²) in [6.07, 6.45) is -4.38. The van der Waals surface area contributed by atoms with Gasteiger partial charge < -0.3 is 54.0 Å². The van der Waals surface area contributed by atoms with E-state index < -0.39 is 73.8 Å². The molecule has 5 N–H and O–H groups in total. The summed E-state index contributed by atoms with van der Waals surface area (Å²) in [6, 6.07) is 0. The molecule has 0 aromatic carbocycles. The Morgan fingerprint density at radius 2 is 1.45 bits per heavy atom. The molecule has 8 saturated heterocycles. The number of carbonyl (C=O) groups excluding carboxylic acids is 2. The Balaban J connectivity index is 1.21. The molecule has 13 heteroatoms. The van der Waals surface area contributed by atoms with E-state index in [1.54, 1.807) is 7.11 Å². The number of Topliss-reactive ketones (excluding diaryl/α,β-unsaturated/α-hetero) is 2. The van der Waals surface area contributed by atoms with E-state index >= 15 is 0 Å². The minimum Gasteiger partial charge on any atom is -0.394 e. The van der Waals surface area contributed by atoms with E-state index in [4.69, 9.17) is 28.4 Å².